The Labute approximate surface area is 187 Å². The van der Waals surface area contributed by atoms with Gasteiger partial charge in [0.2, 0.25) is 0 Å². The average Bonchev–Trinajstić information content (AvgIpc) is 2.85. The van der Waals surface area contributed by atoms with E-state index < -0.39 is 0 Å². The van der Waals surface area contributed by atoms with Gasteiger partial charge < -0.3 is 0 Å². The summed E-state index contributed by atoms with van der Waals surface area (Å²) in [4.78, 5) is 4.43. The number of rotatable bonds is 3. The van der Waals surface area contributed by atoms with Crippen molar-refractivity contribution in [2.45, 2.75) is 22.6 Å². The topological polar surface area (TPSA) is 0 Å². The fourth-order valence-electron chi connectivity index (χ4n) is 5.10. The van der Waals surface area contributed by atoms with Gasteiger partial charge in [0.05, 0.1) is 16.8 Å². The lowest BCUT2D eigenvalue weighted by atomic mass is 9.81. The Morgan fingerprint density at radius 1 is 0.645 bits per heavy atom. The zero-order valence-corrected chi connectivity index (χ0v) is 18.3. The lowest BCUT2D eigenvalue weighted by molar-refractivity contribution is 0.486. The van der Waals surface area contributed by atoms with Gasteiger partial charge in [-0.05, 0) is 59.9 Å². The highest BCUT2D eigenvalue weighted by Gasteiger charge is 2.41. The minimum Gasteiger partial charge on any atom is -0.0877 e. The van der Waals surface area contributed by atoms with Crippen molar-refractivity contribution in [1.29, 1.82) is 0 Å². The molecular weight excluding hydrogens is 392 g/mol. The van der Waals surface area contributed by atoms with E-state index in [-0.39, 0.29) is 10.9 Å². The summed E-state index contributed by atoms with van der Waals surface area (Å²) in [6, 6.07) is 31.4. The van der Waals surface area contributed by atoms with Gasteiger partial charge in [-0.1, -0.05) is 85.0 Å². The molecule has 2 aliphatic carbocycles. The molecule has 0 bridgehead atoms. The van der Waals surface area contributed by atoms with E-state index in [1.54, 1.807) is 4.91 Å². The van der Waals surface area contributed by atoms with E-state index >= 15 is 0 Å². The second-order valence-electron chi connectivity index (χ2n) is 8.41. The fourth-order valence-corrected chi connectivity index (χ4v) is 7.83. The second-order valence-corrected chi connectivity index (χ2v) is 10.4. The molecule has 0 radical (unpaired) electrons. The monoisotopic (exact) mass is 417 g/mol. The SMILES string of the molecule is C1=CC2CCC=CC2C([S+](c2cccc3ccccc23)c2cccc3ccccc23)=C1. The van der Waals surface area contributed by atoms with Gasteiger partial charge in [0, 0.05) is 10.8 Å². The van der Waals surface area contributed by atoms with Crippen molar-refractivity contribution < 1.29 is 0 Å². The van der Waals surface area contributed by atoms with Crippen molar-refractivity contribution in [3.8, 4) is 0 Å². The normalized spacial score (nSPS) is 20.2. The van der Waals surface area contributed by atoms with Crippen molar-refractivity contribution in [1.82, 2.24) is 0 Å². The molecule has 0 spiro atoms. The minimum absolute atomic E-state index is 0.147. The highest BCUT2D eigenvalue weighted by molar-refractivity contribution is 8.01. The molecule has 4 aromatic carbocycles. The maximum absolute atomic E-state index is 2.47. The fraction of sp³-hybridized carbons (Fsp3) is 0.133. The highest BCUT2D eigenvalue weighted by atomic mass is 32.2. The molecule has 2 atom stereocenters. The summed E-state index contributed by atoms with van der Waals surface area (Å²) in [5.41, 5.74) is 0. The summed E-state index contributed by atoms with van der Waals surface area (Å²) in [7, 11) is -0.147. The molecule has 0 saturated heterocycles. The number of hydrogen-bond acceptors (Lipinski definition) is 0. The van der Waals surface area contributed by atoms with Gasteiger partial charge in [-0.3, -0.25) is 0 Å². The van der Waals surface area contributed by atoms with E-state index in [1.807, 2.05) is 0 Å². The van der Waals surface area contributed by atoms with Crippen LogP contribution in [-0.2, 0) is 10.9 Å². The molecule has 0 nitrogen and oxygen atoms in total. The van der Waals surface area contributed by atoms with Crippen LogP contribution in [0.5, 0.6) is 0 Å². The highest BCUT2D eigenvalue weighted by Crippen LogP contribution is 2.45. The Morgan fingerprint density at radius 3 is 1.94 bits per heavy atom. The second kappa shape index (κ2) is 7.90. The molecule has 0 amide bonds. The van der Waals surface area contributed by atoms with Gasteiger partial charge in [0.1, 0.15) is 0 Å². The zero-order chi connectivity index (χ0) is 20.6. The third-order valence-electron chi connectivity index (χ3n) is 6.59. The van der Waals surface area contributed by atoms with Gasteiger partial charge in [-0.15, -0.1) is 0 Å². The van der Waals surface area contributed by atoms with Gasteiger partial charge in [0.15, 0.2) is 14.7 Å². The van der Waals surface area contributed by atoms with Gasteiger partial charge >= 0.3 is 0 Å². The average molecular weight is 418 g/mol. The Hall–Kier alpha value is -3.03. The zero-order valence-electron chi connectivity index (χ0n) is 17.4. The van der Waals surface area contributed by atoms with Crippen LogP contribution in [-0.4, -0.2) is 0 Å². The molecule has 31 heavy (non-hydrogen) atoms. The number of fused-ring (bicyclic) bond motifs is 3. The molecule has 0 saturated carbocycles. The van der Waals surface area contributed by atoms with Crippen LogP contribution in [0.4, 0.5) is 0 Å². The number of benzene rings is 4. The quantitative estimate of drug-likeness (QED) is 0.233. The summed E-state index contributed by atoms with van der Waals surface area (Å²) < 4.78 is 0. The Bertz CT molecular complexity index is 1270. The van der Waals surface area contributed by atoms with Crippen LogP contribution >= 0.6 is 0 Å². The van der Waals surface area contributed by atoms with Crippen molar-refractivity contribution in [2.75, 3.05) is 0 Å². The predicted molar refractivity (Wildman–Crippen MR) is 134 cm³/mol. The van der Waals surface area contributed by atoms with Crippen LogP contribution in [0.25, 0.3) is 21.5 Å². The van der Waals surface area contributed by atoms with Crippen molar-refractivity contribution in [2.24, 2.45) is 11.8 Å². The number of allylic oxidation sites excluding steroid dienone is 6. The lowest BCUT2D eigenvalue weighted by Crippen LogP contribution is -2.24. The molecular formula is C30H25S+. The van der Waals surface area contributed by atoms with Crippen LogP contribution in [0.3, 0.4) is 0 Å². The van der Waals surface area contributed by atoms with Crippen molar-refractivity contribution in [3.63, 3.8) is 0 Å². The third-order valence-corrected chi connectivity index (χ3v) is 9.06. The molecule has 0 aromatic heterocycles. The molecule has 6 rings (SSSR count). The summed E-state index contributed by atoms with van der Waals surface area (Å²) in [5.74, 6) is 1.10. The van der Waals surface area contributed by atoms with E-state index in [0.29, 0.717) is 11.8 Å². The summed E-state index contributed by atoms with van der Waals surface area (Å²) in [5, 5.41) is 5.38. The summed E-state index contributed by atoms with van der Waals surface area (Å²) in [6.07, 6.45) is 14.4. The molecule has 2 aliphatic rings. The summed E-state index contributed by atoms with van der Waals surface area (Å²) >= 11 is 0. The van der Waals surface area contributed by atoms with Crippen molar-refractivity contribution >= 4 is 32.4 Å². The Morgan fingerprint density at radius 2 is 1.26 bits per heavy atom. The smallest absolute Gasteiger partial charge is 0.0877 e. The van der Waals surface area contributed by atoms with Crippen LogP contribution in [0.15, 0.2) is 130 Å². The molecule has 0 aliphatic heterocycles. The Balaban J connectivity index is 1.65. The molecule has 0 fully saturated rings. The molecule has 150 valence electrons. The molecule has 4 aromatic rings. The third kappa shape index (κ3) is 3.25. The predicted octanol–water partition coefficient (Wildman–Crippen LogP) is 8.07. The van der Waals surface area contributed by atoms with Gasteiger partial charge in [-0.25, -0.2) is 0 Å². The first-order valence-electron chi connectivity index (χ1n) is 11.1. The van der Waals surface area contributed by atoms with E-state index in [9.17, 15) is 0 Å². The van der Waals surface area contributed by atoms with E-state index in [1.165, 1.54) is 44.2 Å². The van der Waals surface area contributed by atoms with Crippen molar-refractivity contribution in [3.05, 3.63) is 120 Å². The van der Waals surface area contributed by atoms with Crippen LogP contribution < -0.4 is 0 Å². The van der Waals surface area contributed by atoms with Gasteiger partial charge in [-0.2, -0.15) is 0 Å². The molecule has 0 heterocycles. The molecule has 2 unspecified atom stereocenters. The van der Waals surface area contributed by atoms with Crippen LogP contribution in [0, 0.1) is 11.8 Å². The van der Waals surface area contributed by atoms with Crippen LogP contribution in [0.1, 0.15) is 12.8 Å². The van der Waals surface area contributed by atoms with E-state index in [0.717, 1.165) is 0 Å². The minimum atomic E-state index is -0.147. The standard InChI is InChI=1S/C30H25S/c1-4-16-25-22(10-1)13-7-19-28(25)31(29-20-8-14-23-11-2-5-17-26(23)29)30-21-9-15-24-12-3-6-18-27(24)30/h1-2,4-11,13-21,24,27H,3,12H2/q+1. The largest absolute Gasteiger partial charge is 0.174 e. The first-order valence-corrected chi connectivity index (χ1v) is 12.4. The summed E-state index contributed by atoms with van der Waals surface area (Å²) in [6.45, 7) is 0. The molecule has 1 heteroatoms. The first-order chi connectivity index (χ1) is 15.4. The lowest BCUT2D eigenvalue weighted by Gasteiger charge is -2.29. The van der Waals surface area contributed by atoms with Gasteiger partial charge in [0.25, 0.3) is 0 Å². The molecule has 0 N–H and O–H groups in total. The van der Waals surface area contributed by atoms with Crippen LogP contribution in [0.2, 0.25) is 0 Å². The first kappa shape index (κ1) is 18.7. The van der Waals surface area contributed by atoms with E-state index in [2.05, 4.69) is 115 Å². The Kier molecular flexibility index (Phi) is 4.77. The maximum Gasteiger partial charge on any atom is 0.174 e. The van der Waals surface area contributed by atoms with E-state index in [4.69, 9.17) is 0 Å². The maximum atomic E-state index is 2.47. The number of hydrogen-bond donors (Lipinski definition) is 0.